The van der Waals surface area contributed by atoms with Crippen molar-refractivity contribution in [2.75, 3.05) is 0 Å². The molecule has 0 saturated heterocycles. The number of imidazole rings is 1. The average Bonchev–Trinajstić information content (AvgIpc) is 3.24. The van der Waals surface area contributed by atoms with Crippen molar-refractivity contribution in [3.8, 4) is 5.95 Å². The van der Waals surface area contributed by atoms with Crippen LogP contribution in [0.5, 0.6) is 0 Å². The molecule has 2 heterocycles. The number of hydrogen-bond donors (Lipinski definition) is 1. The highest BCUT2D eigenvalue weighted by molar-refractivity contribution is 7.90. The molecule has 1 N–H and O–H groups in total. The molecule has 0 aliphatic rings. The first-order valence-electron chi connectivity index (χ1n) is 7.59. The summed E-state index contributed by atoms with van der Waals surface area (Å²) in [6.45, 7) is 0. The minimum Gasteiger partial charge on any atom is -0.322 e. The second-order valence-corrected chi connectivity index (χ2v) is 8.43. The van der Waals surface area contributed by atoms with Crippen molar-refractivity contribution in [3.63, 3.8) is 0 Å². The van der Waals surface area contributed by atoms with Crippen LogP contribution in [0.15, 0.2) is 59.8 Å². The Labute approximate surface area is 159 Å². The van der Waals surface area contributed by atoms with Gasteiger partial charge in [-0.3, -0.25) is 0 Å². The summed E-state index contributed by atoms with van der Waals surface area (Å²) < 4.78 is 27.3. The molecule has 4 rings (SSSR count). The number of hydrogen-bond acceptors (Lipinski definition) is 4. The van der Waals surface area contributed by atoms with Crippen LogP contribution in [-0.4, -0.2) is 28.2 Å². The summed E-state index contributed by atoms with van der Waals surface area (Å²) in [6, 6.07) is 11.6. The molecule has 0 amide bonds. The summed E-state index contributed by atoms with van der Waals surface area (Å²) in [4.78, 5) is 7.46. The zero-order valence-electron chi connectivity index (χ0n) is 13.2. The number of rotatable bonds is 4. The van der Waals surface area contributed by atoms with Gasteiger partial charge in [-0.25, -0.2) is 18.1 Å². The Kier molecular flexibility index (Phi) is 4.22. The molecule has 4 aromatic rings. The van der Waals surface area contributed by atoms with Crippen LogP contribution in [-0.2, 0) is 15.6 Å². The normalized spacial score (nSPS) is 11.9. The lowest BCUT2D eigenvalue weighted by molar-refractivity contribution is 0.595. The van der Waals surface area contributed by atoms with E-state index in [0.717, 1.165) is 0 Å². The number of sulfone groups is 1. The number of halogens is 2. The van der Waals surface area contributed by atoms with Crippen LogP contribution in [0, 0.1) is 0 Å². The van der Waals surface area contributed by atoms with Gasteiger partial charge in [-0.15, -0.1) is 0 Å². The van der Waals surface area contributed by atoms with Crippen LogP contribution in [0.1, 0.15) is 5.56 Å². The molecule has 0 radical (unpaired) electrons. The van der Waals surface area contributed by atoms with E-state index in [2.05, 4.69) is 15.1 Å². The Balaban J connectivity index is 1.78. The summed E-state index contributed by atoms with van der Waals surface area (Å²) in [5.74, 6) is 0.236. The standard InChI is InChI=1S/C17H12Cl2N4O2S/c18-12-5-2-1-4-11(12)10-26(24,25)16-9-15-14(8-13(16)19)21-17(22-15)23-7-3-6-20-23/h1-9H,10H2,(H,21,22). The van der Waals surface area contributed by atoms with Crippen LogP contribution in [0.25, 0.3) is 17.0 Å². The Morgan fingerprint density at radius 2 is 1.88 bits per heavy atom. The highest BCUT2D eigenvalue weighted by Gasteiger charge is 2.22. The van der Waals surface area contributed by atoms with Gasteiger partial charge >= 0.3 is 0 Å². The maximum atomic E-state index is 12.9. The third-order valence-electron chi connectivity index (χ3n) is 3.88. The van der Waals surface area contributed by atoms with Crippen LogP contribution in [0.2, 0.25) is 10.0 Å². The zero-order chi connectivity index (χ0) is 18.3. The van der Waals surface area contributed by atoms with E-state index in [1.807, 2.05) is 0 Å². The van der Waals surface area contributed by atoms with Gasteiger partial charge in [0.2, 0.25) is 5.95 Å². The Morgan fingerprint density at radius 3 is 2.62 bits per heavy atom. The monoisotopic (exact) mass is 406 g/mol. The lowest BCUT2D eigenvalue weighted by Gasteiger charge is -2.08. The van der Waals surface area contributed by atoms with E-state index < -0.39 is 9.84 Å². The lowest BCUT2D eigenvalue weighted by Crippen LogP contribution is -2.06. The van der Waals surface area contributed by atoms with E-state index in [9.17, 15) is 8.42 Å². The fraction of sp³-hybridized carbons (Fsp3) is 0.0588. The van der Waals surface area contributed by atoms with Crippen molar-refractivity contribution < 1.29 is 8.42 Å². The van der Waals surface area contributed by atoms with E-state index in [4.69, 9.17) is 23.2 Å². The molecule has 9 heteroatoms. The molecule has 26 heavy (non-hydrogen) atoms. The Hall–Kier alpha value is -2.35. The van der Waals surface area contributed by atoms with Gasteiger partial charge in [0.15, 0.2) is 9.84 Å². The van der Waals surface area contributed by atoms with Crippen LogP contribution in [0.3, 0.4) is 0 Å². The average molecular weight is 407 g/mol. The fourth-order valence-corrected chi connectivity index (χ4v) is 4.90. The van der Waals surface area contributed by atoms with Crippen molar-refractivity contribution in [1.29, 1.82) is 0 Å². The molecule has 0 spiro atoms. The third-order valence-corrected chi connectivity index (χ3v) is 6.38. The number of benzene rings is 2. The molecule has 0 fully saturated rings. The van der Waals surface area contributed by atoms with Gasteiger partial charge in [0.1, 0.15) is 0 Å². The zero-order valence-corrected chi connectivity index (χ0v) is 15.6. The Bertz CT molecular complexity index is 1200. The van der Waals surface area contributed by atoms with Crippen LogP contribution in [0.4, 0.5) is 0 Å². The van der Waals surface area contributed by atoms with E-state index >= 15 is 0 Å². The number of aromatic nitrogens is 4. The van der Waals surface area contributed by atoms with Gasteiger partial charge in [-0.05, 0) is 29.8 Å². The number of nitrogens with zero attached hydrogens (tertiary/aromatic N) is 3. The molecule has 6 nitrogen and oxygen atoms in total. The molecule has 0 aliphatic heterocycles. The highest BCUT2D eigenvalue weighted by atomic mass is 35.5. The summed E-state index contributed by atoms with van der Waals surface area (Å²) in [5, 5.41) is 4.61. The first kappa shape index (κ1) is 17.1. The van der Waals surface area contributed by atoms with E-state index in [1.54, 1.807) is 47.4 Å². The highest BCUT2D eigenvalue weighted by Crippen LogP contribution is 2.30. The summed E-state index contributed by atoms with van der Waals surface area (Å²) in [5.41, 5.74) is 1.63. The molecule has 2 aromatic heterocycles. The summed E-state index contributed by atoms with van der Waals surface area (Å²) in [6.07, 6.45) is 3.36. The maximum absolute atomic E-state index is 12.9. The van der Waals surface area contributed by atoms with Gasteiger partial charge in [0.25, 0.3) is 0 Å². The topological polar surface area (TPSA) is 80.6 Å². The fourth-order valence-electron chi connectivity index (χ4n) is 2.64. The predicted octanol–water partition coefficient (Wildman–Crippen LogP) is 4.03. The first-order chi connectivity index (χ1) is 12.4. The van der Waals surface area contributed by atoms with Crippen molar-refractivity contribution in [2.24, 2.45) is 0 Å². The quantitative estimate of drug-likeness (QED) is 0.554. The van der Waals surface area contributed by atoms with Crippen molar-refractivity contribution in [3.05, 3.63) is 70.5 Å². The van der Waals surface area contributed by atoms with Gasteiger partial charge in [-0.1, -0.05) is 41.4 Å². The smallest absolute Gasteiger partial charge is 0.229 e. The molecule has 0 atom stereocenters. The molecule has 2 aromatic carbocycles. The number of aromatic amines is 1. The SMILES string of the molecule is O=S(=O)(Cc1ccccc1Cl)c1cc2[nH]c(-n3cccn3)nc2cc1Cl. The maximum Gasteiger partial charge on any atom is 0.229 e. The number of H-pyrrole nitrogens is 1. The molecular weight excluding hydrogens is 395 g/mol. The van der Waals surface area contributed by atoms with E-state index in [0.29, 0.717) is 27.6 Å². The molecule has 0 unspecified atom stereocenters. The first-order valence-corrected chi connectivity index (χ1v) is 10.0. The van der Waals surface area contributed by atoms with Gasteiger partial charge in [-0.2, -0.15) is 5.10 Å². The van der Waals surface area contributed by atoms with Crippen molar-refractivity contribution in [2.45, 2.75) is 10.6 Å². The molecule has 0 bridgehead atoms. The van der Waals surface area contributed by atoms with Crippen molar-refractivity contribution in [1.82, 2.24) is 19.7 Å². The van der Waals surface area contributed by atoms with Crippen LogP contribution < -0.4 is 0 Å². The molecule has 0 saturated carbocycles. The second kappa shape index (κ2) is 6.42. The summed E-state index contributed by atoms with van der Waals surface area (Å²) in [7, 11) is -3.69. The van der Waals surface area contributed by atoms with Gasteiger partial charge < -0.3 is 4.98 Å². The lowest BCUT2D eigenvalue weighted by atomic mass is 10.2. The molecule has 132 valence electrons. The van der Waals surface area contributed by atoms with Crippen molar-refractivity contribution >= 4 is 44.1 Å². The van der Waals surface area contributed by atoms with E-state index in [-0.39, 0.29) is 15.7 Å². The minimum absolute atomic E-state index is 0.0299. The predicted molar refractivity (Wildman–Crippen MR) is 101 cm³/mol. The Morgan fingerprint density at radius 1 is 1.08 bits per heavy atom. The van der Waals surface area contributed by atoms with Crippen LogP contribution >= 0.6 is 23.2 Å². The third kappa shape index (κ3) is 3.09. The van der Waals surface area contributed by atoms with Gasteiger partial charge in [0.05, 0.1) is 26.7 Å². The number of nitrogens with one attached hydrogen (secondary N) is 1. The van der Waals surface area contributed by atoms with Gasteiger partial charge in [0, 0.05) is 17.4 Å². The largest absolute Gasteiger partial charge is 0.322 e. The summed E-state index contributed by atoms with van der Waals surface area (Å²) >= 11 is 12.3. The van der Waals surface area contributed by atoms with E-state index in [1.165, 1.54) is 12.1 Å². The molecule has 0 aliphatic carbocycles. The second-order valence-electron chi connectivity index (χ2n) is 5.66. The molecular formula is C17H12Cl2N4O2S. The number of fused-ring (bicyclic) bond motifs is 1. The minimum atomic E-state index is -3.69.